The topological polar surface area (TPSA) is 53.1 Å². The summed E-state index contributed by atoms with van der Waals surface area (Å²) < 4.78 is 5.42. The lowest BCUT2D eigenvalue weighted by Gasteiger charge is -2.25. The fraction of sp³-hybridized carbons (Fsp3) is 0.529. The molecule has 24 heavy (non-hydrogen) atoms. The highest BCUT2D eigenvalue weighted by atomic mass is 35.5. The molecule has 2 unspecified atom stereocenters. The van der Waals surface area contributed by atoms with Gasteiger partial charge in [0.25, 0.3) is 5.91 Å². The highest BCUT2D eigenvalue weighted by Gasteiger charge is 2.50. The Kier molecular flexibility index (Phi) is 3.79. The first kappa shape index (κ1) is 15.6. The van der Waals surface area contributed by atoms with Gasteiger partial charge in [-0.25, -0.2) is 4.79 Å². The van der Waals surface area contributed by atoms with Gasteiger partial charge in [-0.3, -0.25) is 9.69 Å². The van der Waals surface area contributed by atoms with Crippen molar-refractivity contribution >= 4 is 29.2 Å². The molecule has 7 heteroatoms. The number of anilines is 1. The number of nitrogens with zero attached hydrogens (tertiary/aromatic N) is 3. The summed E-state index contributed by atoms with van der Waals surface area (Å²) in [6.45, 7) is 2.09. The minimum absolute atomic E-state index is 0.0255. The molecular weight excluding hydrogens is 330 g/mol. The largest absolute Gasteiger partial charge is 0.495 e. The Balaban J connectivity index is 1.54. The van der Waals surface area contributed by atoms with Crippen LogP contribution in [0.25, 0.3) is 0 Å². The van der Waals surface area contributed by atoms with Crippen molar-refractivity contribution in [3.8, 4) is 5.75 Å². The van der Waals surface area contributed by atoms with E-state index in [4.69, 9.17) is 16.3 Å². The highest BCUT2D eigenvalue weighted by Crippen LogP contribution is 2.36. The summed E-state index contributed by atoms with van der Waals surface area (Å²) in [7, 11) is 1.63. The van der Waals surface area contributed by atoms with E-state index in [1.165, 1.54) is 4.90 Å². The van der Waals surface area contributed by atoms with Crippen molar-refractivity contribution in [2.45, 2.75) is 31.3 Å². The van der Waals surface area contributed by atoms with Gasteiger partial charge in [0.05, 0.1) is 18.8 Å². The maximum absolute atomic E-state index is 12.6. The Labute approximate surface area is 145 Å². The van der Waals surface area contributed by atoms with Gasteiger partial charge in [-0.1, -0.05) is 11.6 Å². The highest BCUT2D eigenvalue weighted by molar-refractivity contribution is 6.31. The molecule has 0 aromatic heterocycles. The molecule has 1 aromatic carbocycles. The number of benzene rings is 1. The number of amides is 3. The average Bonchev–Trinajstić information content (AvgIpc) is 3.27. The summed E-state index contributed by atoms with van der Waals surface area (Å²) in [5.41, 5.74) is 0.909. The predicted octanol–water partition coefficient (Wildman–Crippen LogP) is 2.35. The molecule has 0 saturated carbocycles. The zero-order chi connectivity index (χ0) is 16.8. The van der Waals surface area contributed by atoms with Crippen LogP contribution in [-0.2, 0) is 4.79 Å². The maximum Gasteiger partial charge on any atom is 0.327 e. The van der Waals surface area contributed by atoms with Crippen molar-refractivity contribution in [2.75, 3.05) is 31.6 Å². The number of carbonyl (C=O) groups excluding carboxylic acids is 2. The molecule has 0 spiro atoms. The first-order valence-electron chi connectivity index (χ1n) is 8.32. The molecule has 128 valence electrons. The fourth-order valence-corrected chi connectivity index (χ4v) is 4.23. The third-order valence-electron chi connectivity index (χ3n) is 5.24. The van der Waals surface area contributed by atoms with Crippen LogP contribution >= 0.6 is 11.6 Å². The molecule has 3 aliphatic heterocycles. The summed E-state index contributed by atoms with van der Waals surface area (Å²) in [5, 5.41) is 0.642. The molecule has 3 aliphatic rings. The Morgan fingerprint density at radius 2 is 2.04 bits per heavy atom. The smallest absolute Gasteiger partial charge is 0.327 e. The van der Waals surface area contributed by atoms with Gasteiger partial charge < -0.3 is 14.5 Å². The van der Waals surface area contributed by atoms with Gasteiger partial charge >= 0.3 is 6.03 Å². The van der Waals surface area contributed by atoms with Crippen LogP contribution in [0.2, 0.25) is 5.02 Å². The number of fused-ring (bicyclic) bond motifs is 1. The van der Waals surface area contributed by atoms with E-state index in [0.717, 1.165) is 37.2 Å². The lowest BCUT2D eigenvalue weighted by molar-refractivity contribution is -0.129. The van der Waals surface area contributed by atoms with Crippen LogP contribution in [0.5, 0.6) is 5.75 Å². The van der Waals surface area contributed by atoms with Gasteiger partial charge in [-0.15, -0.1) is 0 Å². The number of imide groups is 1. The molecule has 3 fully saturated rings. The van der Waals surface area contributed by atoms with E-state index in [9.17, 15) is 9.59 Å². The number of rotatable bonds is 3. The van der Waals surface area contributed by atoms with Gasteiger partial charge in [-0.2, -0.15) is 0 Å². The van der Waals surface area contributed by atoms with Crippen molar-refractivity contribution < 1.29 is 14.3 Å². The predicted molar refractivity (Wildman–Crippen MR) is 90.6 cm³/mol. The maximum atomic E-state index is 12.6. The van der Waals surface area contributed by atoms with Gasteiger partial charge in [0.2, 0.25) is 0 Å². The number of hydrogen-bond acceptors (Lipinski definition) is 4. The van der Waals surface area contributed by atoms with E-state index in [1.54, 1.807) is 18.1 Å². The third-order valence-corrected chi connectivity index (χ3v) is 5.47. The number of halogens is 1. The summed E-state index contributed by atoms with van der Waals surface area (Å²) in [5.74, 6) is 0.724. The van der Waals surface area contributed by atoms with Crippen molar-refractivity contribution in [3.05, 3.63) is 23.2 Å². The van der Waals surface area contributed by atoms with Gasteiger partial charge in [0.15, 0.2) is 0 Å². The van der Waals surface area contributed by atoms with Crippen LogP contribution in [0.4, 0.5) is 10.5 Å². The molecule has 0 aliphatic carbocycles. The monoisotopic (exact) mass is 349 g/mol. The van der Waals surface area contributed by atoms with Crippen LogP contribution < -0.4 is 9.64 Å². The van der Waals surface area contributed by atoms with E-state index in [0.29, 0.717) is 18.1 Å². The minimum atomic E-state index is -0.229. The van der Waals surface area contributed by atoms with Crippen molar-refractivity contribution in [2.24, 2.45) is 0 Å². The molecule has 4 rings (SSSR count). The summed E-state index contributed by atoms with van der Waals surface area (Å²) >= 11 is 6.12. The Morgan fingerprint density at radius 1 is 1.21 bits per heavy atom. The van der Waals surface area contributed by atoms with Gasteiger partial charge in [-0.05, 0) is 37.5 Å². The van der Waals surface area contributed by atoms with E-state index in [-0.39, 0.29) is 24.0 Å². The molecule has 2 atom stereocenters. The van der Waals surface area contributed by atoms with Gasteiger partial charge in [0.1, 0.15) is 11.8 Å². The van der Waals surface area contributed by atoms with Crippen molar-refractivity contribution in [1.82, 2.24) is 9.80 Å². The van der Waals surface area contributed by atoms with Gasteiger partial charge in [0, 0.05) is 24.7 Å². The second kappa shape index (κ2) is 5.84. The summed E-state index contributed by atoms with van der Waals surface area (Å²) in [4.78, 5) is 30.5. The zero-order valence-corrected chi connectivity index (χ0v) is 14.3. The fourth-order valence-electron chi connectivity index (χ4n) is 4.06. The van der Waals surface area contributed by atoms with E-state index >= 15 is 0 Å². The lowest BCUT2D eigenvalue weighted by atomic mass is 10.2. The zero-order valence-electron chi connectivity index (χ0n) is 13.6. The molecule has 3 heterocycles. The van der Waals surface area contributed by atoms with Crippen LogP contribution in [-0.4, -0.2) is 60.6 Å². The number of carbonyl (C=O) groups is 2. The van der Waals surface area contributed by atoms with Crippen molar-refractivity contribution in [3.63, 3.8) is 0 Å². The molecule has 3 saturated heterocycles. The molecular formula is C17H20ClN3O3. The quantitative estimate of drug-likeness (QED) is 0.786. The van der Waals surface area contributed by atoms with E-state index < -0.39 is 0 Å². The van der Waals surface area contributed by atoms with Crippen LogP contribution in [0.1, 0.15) is 19.3 Å². The summed E-state index contributed by atoms with van der Waals surface area (Å²) in [6.07, 6.45) is 2.49. The Morgan fingerprint density at radius 3 is 2.79 bits per heavy atom. The third kappa shape index (κ3) is 2.32. The molecule has 0 bridgehead atoms. The molecule has 6 nitrogen and oxygen atoms in total. The van der Waals surface area contributed by atoms with E-state index in [1.807, 2.05) is 12.1 Å². The number of ether oxygens (including phenoxy) is 1. The van der Waals surface area contributed by atoms with Crippen LogP contribution in [0.3, 0.4) is 0 Å². The lowest BCUT2D eigenvalue weighted by Crippen LogP contribution is -2.43. The number of methoxy groups -OCH3 is 1. The van der Waals surface area contributed by atoms with Crippen LogP contribution in [0, 0.1) is 0 Å². The normalized spacial score (nSPS) is 26.5. The molecule has 1 aromatic rings. The van der Waals surface area contributed by atoms with E-state index in [2.05, 4.69) is 4.90 Å². The number of urea groups is 1. The second-order valence-electron chi connectivity index (χ2n) is 6.55. The SMILES string of the molecule is COc1ccc(Cl)cc1N1CCC(N2C(=O)C3CCCN3C2=O)C1. The summed E-state index contributed by atoms with van der Waals surface area (Å²) in [6, 6.07) is 5.07. The first-order valence-corrected chi connectivity index (χ1v) is 8.70. The minimum Gasteiger partial charge on any atom is -0.495 e. The second-order valence-corrected chi connectivity index (χ2v) is 6.98. The average molecular weight is 350 g/mol. The number of hydrogen-bond donors (Lipinski definition) is 0. The van der Waals surface area contributed by atoms with Crippen molar-refractivity contribution in [1.29, 1.82) is 0 Å². The van der Waals surface area contributed by atoms with Crippen LogP contribution in [0.15, 0.2) is 18.2 Å². The standard InChI is InChI=1S/C17H20ClN3O3/c1-24-15-5-4-11(18)9-14(15)19-8-6-12(10-19)21-16(22)13-3-2-7-20(13)17(21)23/h4-5,9,12-13H,2-3,6-8,10H2,1H3. The molecule has 0 radical (unpaired) electrons. The Bertz CT molecular complexity index is 674. The molecule has 3 amide bonds. The first-order chi connectivity index (χ1) is 11.6. The Hall–Kier alpha value is -1.95. The molecule has 0 N–H and O–H groups in total.